The van der Waals surface area contributed by atoms with E-state index in [0.29, 0.717) is 17.5 Å². The molecule has 124 valence electrons. The monoisotopic (exact) mass is 325 g/mol. The molecule has 1 N–H and O–H groups in total. The number of hydrazone groups is 1. The Morgan fingerprint density at radius 3 is 2.29 bits per heavy atom. The first kappa shape index (κ1) is 17.3. The quantitative estimate of drug-likeness (QED) is 0.516. The minimum absolute atomic E-state index is 0.0102. The number of rotatable bonds is 5. The van der Waals surface area contributed by atoms with E-state index < -0.39 is 10.8 Å². The number of benzene rings is 2. The van der Waals surface area contributed by atoms with E-state index in [1.165, 1.54) is 18.2 Å². The summed E-state index contributed by atoms with van der Waals surface area (Å²) in [7, 11) is 0. The fraction of sp³-hybridized carbons (Fsp3) is 0.222. The third kappa shape index (κ3) is 4.04. The molecule has 0 fully saturated rings. The molecule has 0 atom stereocenters. The van der Waals surface area contributed by atoms with Crippen molar-refractivity contribution in [2.45, 2.75) is 27.2 Å². The normalized spacial score (nSPS) is 11.2. The van der Waals surface area contributed by atoms with Crippen LogP contribution in [0.5, 0.6) is 0 Å². The Morgan fingerprint density at radius 1 is 1.12 bits per heavy atom. The van der Waals surface area contributed by atoms with Gasteiger partial charge in [0.05, 0.1) is 10.6 Å². The molecule has 1 amide bonds. The zero-order chi connectivity index (χ0) is 17.7. The van der Waals surface area contributed by atoms with Gasteiger partial charge in [-0.15, -0.1) is 0 Å². The van der Waals surface area contributed by atoms with E-state index in [2.05, 4.69) is 10.5 Å². The number of aryl methyl sites for hydroxylation is 2. The third-order valence-corrected chi connectivity index (χ3v) is 3.67. The molecule has 0 saturated carbocycles. The number of nitro groups is 1. The van der Waals surface area contributed by atoms with E-state index in [1.54, 1.807) is 6.92 Å². The minimum Gasteiger partial charge on any atom is -0.267 e. The van der Waals surface area contributed by atoms with Gasteiger partial charge in [-0.2, -0.15) is 5.10 Å². The van der Waals surface area contributed by atoms with Gasteiger partial charge in [0.1, 0.15) is 0 Å². The Balaban J connectivity index is 2.17. The van der Waals surface area contributed by atoms with Gasteiger partial charge < -0.3 is 0 Å². The zero-order valence-corrected chi connectivity index (χ0v) is 13.9. The van der Waals surface area contributed by atoms with Gasteiger partial charge in [0, 0.05) is 17.2 Å². The SMILES string of the molecule is CCC(=NNC(=O)c1ccc([N+](=O)[O-])c(C)c1)c1ccc(C)cc1. The van der Waals surface area contributed by atoms with Crippen molar-refractivity contribution >= 4 is 17.3 Å². The topological polar surface area (TPSA) is 84.6 Å². The highest BCUT2D eigenvalue weighted by atomic mass is 16.6. The van der Waals surface area contributed by atoms with Crippen LogP contribution in [0.1, 0.15) is 40.4 Å². The Kier molecular flexibility index (Phi) is 5.42. The standard InChI is InChI=1S/C18H19N3O3/c1-4-16(14-7-5-12(2)6-8-14)19-20-18(22)15-9-10-17(21(23)24)13(3)11-15/h5-11H,4H2,1-3H3,(H,20,22). The lowest BCUT2D eigenvalue weighted by molar-refractivity contribution is -0.385. The summed E-state index contributed by atoms with van der Waals surface area (Å²) < 4.78 is 0. The summed E-state index contributed by atoms with van der Waals surface area (Å²) in [5.74, 6) is -0.397. The van der Waals surface area contributed by atoms with Gasteiger partial charge in [-0.3, -0.25) is 14.9 Å². The van der Waals surface area contributed by atoms with Gasteiger partial charge in [-0.1, -0.05) is 36.8 Å². The summed E-state index contributed by atoms with van der Waals surface area (Å²) >= 11 is 0. The van der Waals surface area contributed by atoms with Crippen LogP contribution in [0.15, 0.2) is 47.6 Å². The van der Waals surface area contributed by atoms with Crippen molar-refractivity contribution in [2.75, 3.05) is 0 Å². The van der Waals surface area contributed by atoms with Crippen LogP contribution in [0, 0.1) is 24.0 Å². The summed E-state index contributed by atoms with van der Waals surface area (Å²) in [5.41, 5.74) is 6.14. The van der Waals surface area contributed by atoms with Gasteiger partial charge in [0.15, 0.2) is 0 Å². The van der Waals surface area contributed by atoms with Crippen LogP contribution in [0.2, 0.25) is 0 Å². The Hall–Kier alpha value is -3.02. The highest BCUT2D eigenvalue weighted by molar-refractivity contribution is 6.02. The molecule has 0 unspecified atom stereocenters. The lowest BCUT2D eigenvalue weighted by Gasteiger charge is -2.06. The third-order valence-electron chi connectivity index (χ3n) is 3.67. The number of nitro benzene ring substituents is 1. The molecular weight excluding hydrogens is 306 g/mol. The number of carbonyl (C=O) groups excluding carboxylic acids is 1. The Morgan fingerprint density at radius 2 is 1.75 bits per heavy atom. The number of hydrogen-bond acceptors (Lipinski definition) is 4. The molecule has 0 aromatic heterocycles. The van der Waals surface area contributed by atoms with Gasteiger partial charge in [0.2, 0.25) is 0 Å². The predicted molar refractivity (Wildman–Crippen MR) is 93.3 cm³/mol. The smallest absolute Gasteiger partial charge is 0.267 e. The van der Waals surface area contributed by atoms with Crippen molar-refractivity contribution < 1.29 is 9.72 Å². The zero-order valence-electron chi connectivity index (χ0n) is 13.9. The van der Waals surface area contributed by atoms with Crippen LogP contribution in [0.25, 0.3) is 0 Å². The number of hydrogen-bond donors (Lipinski definition) is 1. The lowest BCUT2D eigenvalue weighted by Crippen LogP contribution is -2.20. The van der Waals surface area contributed by atoms with Crippen molar-refractivity contribution in [2.24, 2.45) is 5.10 Å². The summed E-state index contributed by atoms with van der Waals surface area (Å²) in [6.07, 6.45) is 0.669. The molecule has 2 rings (SSSR count). The first-order chi connectivity index (χ1) is 11.4. The van der Waals surface area contributed by atoms with E-state index in [9.17, 15) is 14.9 Å². The molecule has 0 aliphatic rings. The van der Waals surface area contributed by atoms with Crippen LogP contribution in [-0.4, -0.2) is 16.5 Å². The van der Waals surface area contributed by atoms with Crippen LogP contribution in [0.4, 0.5) is 5.69 Å². The maximum absolute atomic E-state index is 12.2. The van der Waals surface area contributed by atoms with Crippen LogP contribution in [-0.2, 0) is 0 Å². The van der Waals surface area contributed by atoms with E-state index in [0.717, 1.165) is 16.8 Å². The second-order valence-corrected chi connectivity index (χ2v) is 5.48. The molecule has 0 heterocycles. The average Bonchev–Trinajstić information content (AvgIpc) is 2.56. The van der Waals surface area contributed by atoms with Crippen molar-refractivity contribution in [3.63, 3.8) is 0 Å². The van der Waals surface area contributed by atoms with Gasteiger partial charge in [0.25, 0.3) is 11.6 Å². The van der Waals surface area contributed by atoms with Crippen molar-refractivity contribution in [1.82, 2.24) is 5.43 Å². The summed E-state index contributed by atoms with van der Waals surface area (Å²) in [6.45, 7) is 5.56. The molecular formula is C18H19N3O3. The predicted octanol–water partition coefficient (Wildman–Crippen LogP) is 3.76. The maximum Gasteiger partial charge on any atom is 0.272 e. The fourth-order valence-corrected chi connectivity index (χ4v) is 2.28. The number of nitrogens with zero attached hydrogens (tertiary/aromatic N) is 2. The lowest BCUT2D eigenvalue weighted by atomic mass is 10.1. The molecule has 6 heteroatoms. The largest absolute Gasteiger partial charge is 0.272 e. The van der Waals surface area contributed by atoms with Crippen LogP contribution in [0.3, 0.4) is 0 Å². The summed E-state index contributed by atoms with van der Waals surface area (Å²) in [4.78, 5) is 22.5. The average molecular weight is 325 g/mol. The van der Waals surface area contributed by atoms with E-state index >= 15 is 0 Å². The van der Waals surface area contributed by atoms with Crippen molar-refractivity contribution in [3.8, 4) is 0 Å². The Labute approximate surface area is 140 Å². The summed E-state index contributed by atoms with van der Waals surface area (Å²) in [5, 5.41) is 15.0. The molecule has 6 nitrogen and oxygen atoms in total. The highest BCUT2D eigenvalue weighted by Crippen LogP contribution is 2.18. The van der Waals surface area contributed by atoms with Gasteiger partial charge in [-0.25, -0.2) is 5.43 Å². The highest BCUT2D eigenvalue weighted by Gasteiger charge is 2.13. The van der Waals surface area contributed by atoms with Crippen molar-refractivity contribution in [1.29, 1.82) is 0 Å². The van der Waals surface area contributed by atoms with Gasteiger partial charge in [-0.05, 0) is 38.0 Å². The van der Waals surface area contributed by atoms with E-state index in [4.69, 9.17) is 0 Å². The van der Waals surface area contributed by atoms with E-state index in [1.807, 2.05) is 38.1 Å². The first-order valence-electron chi connectivity index (χ1n) is 7.61. The first-order valence-corrected chi connectivity index (χ1v) is 7.61. The molecule has 2 aromatic rings. The number of carbonyl (C=O) groups is 1. The number of amides is 1. The maximum atomic E-state index is 12.2. The molecule has 0 saturated heterocycles. The molecule has 2 aromatic carbocycles. The van der Waals surface area contributed by atoms with Crippen LogP contribution >= 0.6 is 0 Å². The summed E-state index contributed by atoms with van der Waals surface area (Å²) in [6, 6.07) is 12.1. The Bertz CT molecular complexity index is 796. The fourth-order valence-electron chi connectivity index (χ4n) is 2.28. The molecule has 0 spiro atoms. The molecule has 0 bridgehead atoms. The van der Waals surface area contributed by atoms with Gasteiger partial charge >= 0.3 is 0 Å². The molecule has 0 aliphatic heterocycles. The minimum atomic E-state index is -0.470. The van der Waals surface area contributed by atoms with Crippen LogP contribution < -0.4 is 5.43 Å². The molecule has 0 aliphatic carbocycles. The molecule has 24 heavy (non-hydrogen) atoms. The van der Waals surface area contributed by atoms with Crippen molar-refractivity contribution in [3.05, 3.63) is 74.8 Å². The second-order valence-electron chi connectivity index (χ2n) is 5.48. The van der Waals surface area contributed by atoms with E-state index in [-0.39, 0.29) is 5.69 Å². The second kappa shape index (κ2) is 7.50. The number of nitrogens with one attached hydrogen (secondary N) is 1. The molecule has 0 radical (unpaired) electrons.